The lowest BCUT2D eigenvalue weighted by Gasteiger charge is -2.14. The second-order valence-corrected chi connectivity index (χ2v) is 6.48. The largest absolute Gasteiger partial charge is 0.493 e. The lowest BCUT2D eigenvalue weighted by Crippen LogP contribution is -2.31. The highest BCUT2D eigenvalue weighted by molar-refractivity contribution is 14.0. The zero-order valence-electron chi connectivity index (χ0n) is 17.9. The van der Waals surface area contributed by atoms with Crippen molar-refractivity contribution in [1.82, 2.24) is 14.9 Å². The van der Waals surface area contributed by atoms with E-state index in [9.17, 15) is 0 Å². The maximum absolute atomic E-state index is 5.66. The minimum absolute atomic E-state index is 0. The first-order chi connectivity index (χ1) is 14.2. The van der Waals surface area contributed by atoms with Crippen molar-refractivity contribution in [3.8, 4) is 11.5 Å². The third kappa shape index (κ3) is 5.78. The second kappa shape index (κ2) is 11.6. The summed E-state index contributed by atoms with van der Waals surface area (Å²) in [5.74, 6) is 3.14. The fraction of sp³-hybridized carbons (Fsp3) is 0.364. The first-order valence-corrected chi connectivity index (χ1v) is 9.94. The highest BCUT2D eigenvalue weighted by atomic mass is 127. The van der Waals surface area contributed by atoms with Crippen molar-refractivity contribution < 1.29 is 9.47 Å². The summed E-state index contributed by atoms with van der Waals surface area (Å²) >= 11 is 0. The molecule has 3 rings (SSSR count). The van der Waals surface area contributed by atoms with Crippen LogP contribution in [0.25, 0.3) is 11.0 Å². The Labute approximate surface area is 194 Å². The molecule has 1 aromatic heterocycles. The molecule has 0 radical (unpaired) electrons. The van der Waals surface area contributed by atoms with Gasteiger partial charge >= 0.3 is 0 Å². The summed E-state index contributed by atoms with van der Waals surface area (Å²) in [5, 5.41) is 6.63. The number of hydrogen-bond acceptors (Lipinski definition) is 4. The minimum atomic E-state index is 0. The first-order valence-electron chi connectivity index (χ1n) is 9.94. The van der Waals surface area contributed by atoms with Crippen molar-refractivity contribution in [2.75, 3.05) is 32.1 Å². The zero-order chi connectivity index (χ0) is 20.6. The molecule has 2 aromatic carbocycles. The number of nitrogens with one attached hydrogen (secondary N) is 2. The van der Waals surface area contributed by atoms with Gasteiger partial charge < -0.3 is 24.7 Å². The van der Waals surface area contributed by atoms with Gasteiger partial charge in [-0.25, -0.2) is 4.98 Å². The number of nitrogens with zero attached hydrogens (tertiary/aromatic N) is 3. The number of rotatable bonds is 8. The van der Waals surface area contributed by atoms with Crippen molar-refractivity contribution in [1.29, 1.82) is 0 Å². The molecule has 1 heterocycles. The number of imidazole rings is 1. The number of anilines is 1. The van der Waals surface area contributed by atoms with E-state index in [2.05, 4.69) is 26.3 Å². The Balaban J connectivity index is 0.00000320. The summed E-state index contributed by atoms with van der Waals surface area (Å²) in [6.45, 7) is 8.76. The fourth-order valence-electron chi connectivity index (χ4n) is 3.21. The molecule has 0 fully saturated rings. The molecule has 0 bridgehead atoms. The van der Waals surface area contributed by atoms with Crippen molar-refractivity contribution in [2.24, 2.45) is 4.99 Å². The SMILES string of the molecule is CCNC(=NCCn1c(C)nc2ccccc21)Nc1ccc(OC)c(OCC)c1.I. The van der Waals surface area contributed by atoms with Crippen LogP contribution in [0.15, 0.2) is 47.5 Å². The Hall–Kier alpha value is -2.49. The predicted octanol–water partition coefficient (Wildman–Crippen LogP) is 4.45. The van der Waals surface area contributed by atoms with Crippen molar-refractivity contribution in [2.45, 2.75) is 27.3 Å². The smallest absolute Gasteiger partial charge is 0.195 e. The van der Waals surface area contributed by atoms with Crippen molar-refractivity contribution >= 4 is 46.7 Å². The predicted molar refractivity (Wildman–Crippen MR) is 134 cm³/mol. The quantitative estimate of drug-likeness (QED) is 0.260. The van der Waals surface area contributed by atoms with E-state index in [1.165, 1.54) is 0 Å². The molecule has 0 aliphatic heterocycles. The van der Waals surface area contributed by atoms with Crippen LogP contribution < -0.4 is 20.1 Å². The average Bonchev–Trinajstić information content (AvgIpc) is 3.04. The van der Waals surface area contributed by atoms with Crippen LogP contribution in [0.3, 0.4) is 0 Å². The Morgan fingerprint density at radius 2 is 1.93 bits per heavy atom. The Bertz CT molecular complexity index is 987. The van der Waals surface area contributed by atoms with E-state index in [-0.39, 0.29) is 24.0 Å². The van der Waals surface area contributed by atoms with E-state index in [4.69, 9.17) is 14.5 Å². The Kier molecular flexibility index (Phi) is 9.22. The molecule has 0 aliphatic carbocycles. The molecule has 0 amide bonds. The van der Waals surface area contributed by atoms with Gasteiger partial charge in [0.15, 0.2) is 17.5 Å². The summed E-state index contributed by atoms with van der Waals surface area (Å²) < 4.78 is 13.2. The molecule has 0 atom stereocenters. The summed E-state index contributed by atoms with van der Waals surface area (Å²) in [6.07, 6.45) is 0. The topological polar surface area (TPSA) is 72.7 Å². The van der Waals surface area contributed by atoms with Crippen LogP contribution in [0.4, 0.5) is 5.69 Å². The number of methoxy groups -OCH3 is 1. The third-order valence-electron chi connectivity index (χ3n) is 4.51. The summed E-state index contributed by atoms with van der Waals surface area (Å²) in [5.41, 5.74) is 3.04. The number of aromatic nitrogens is 2. The van der Waals surface area contributed by atoms with Crippen LogP contribution in [0, 0.1) is 6.92 Å². The van der Waals surface area contributed by atoms with Gasteiger partial charge in [0.1, 0.15) is 5.82 Å². The highest BCUT2D eigenvalue weighted by Gasteiger charge is 2.08. The maximum atomic E-state index is 5.66. The highest BCUT2D eigenvalue weighted by Crippen LogP contribution is 2.30. The molecule has 8 heteroatoms. The molecule has 7 nitrogen and oxygen atoms in total. The third-order valence-corrected chi connectivity index (χ3v) is 4.51. The van der Waals surface area contributed by atoms with E-state index in [1.807, 2.05) is 57.2 Å². The molecule has 0 spiro atoms. The van der Waals surface area contributed by atoms with E-state index in [1.54, 1.807) is 7.11 Å². The number of guanidine groups is 1. The summed E-state index contributed by atoms with van der Waals surface area (Å²) in [4.78, 5) is 9.34. The molecule has 0 saturated carbocycles. The number of aliphatic imine (C=N–C) groups is 1. The zero-order valence-corrected chi connectivity index (χ0v) is 20.3. The van der Waals surface area contributed by atoms with Crippen LogP contribution in [0.2, 0.25) is 0 Å². The molecule has 2 N–H and O–H groups in total. The normalized spacial score (nSPS) is 11.1. The van der Waals surface area contributed by atoms with E-state index in [0.717, 1.165) is 41.6 Å². The first kappa shape index (κ1) is 23.8. The Morgan fingerprint density at radius 1 is 1.13 bits per heavy atom. The number of fused-ring (bicyclic) bond motifs is 1. The van der Waals surface area contributed by atoms with Gasteiger partial charge in [0.05, 0.1) is 31.3 Å². The van der Waals surface area contributed by atoms with Crippen LogP contribution >= 0.6 is 24.0 Å². The van der Waals surface area contributed by atoms with E-state index in [0.29, 0.717) is 24.7 Å². The molecule has 0 saturated heterocycles. The maximum Gasteiger partial charge on any atom is 0.195 e. The van der Waals surface area contributed by atoms with Gasteiger partial charge in [-0.2, -0.15) is 0 Å². The molecule has 0 unspecified atom stereocenters. The summed E-state index contributed by atoms with van der Waals surface area (Å²) in [6, 6.07) is 13.9. The number of hydrogen-bond donors (Lipinski definition) is 2. The average molecular weight is 523 g/mol. The van der Waals surface area contributed by atoms with E-state index < -0.39 is 0 Å². The van der Waals surface area contributed by atoms with Gasteiger partial charge in [0.25, 0.3) is 0 Å². The van der Waals surface area contributed by atoms with Crippen molar-refractivity contribution in [3.05, 3.63) is 48.3 Å². The number of benzene rings is 2. The van der Waals surface area contributed by atoms with Crippen molar-refractivity contribution in [3.63, 3.8) is 0 Å². The molecular weight excluding hydrogens is 493 g/mol. The number of halogens is 1. The van der Waals surface area contributed by atoms with Gasteiger partial charge in [-0.1, -0.05) is 12.1 Å². The number of ether oxygens (including phenoxy) is 2. The lowest BCUT2D eigenvalue weighted by atomic mass is 10.2. The fourth-order valence-corrected chi connectivity index (χ4v) is 3.21. The van der Waals surface area contributed by atoms with Gasteiger partial charge in [-0.3, -0.25) is 4.99 Å². The van der Waals surface area contributed by atoms with Gasteiger partial charge in [0, 0.05) is 24.8 Å². The van der Waals surface area contributed by atoms with Gasteiger partial charge in [-0.05, 0) is 45.0 Å². The molecule has 0 aliphatic rings. The number of para-hydroxylation sites is 2. The van der Waals surface area contributed by atoms with Crippen LogP contribution in [-0.2, 0) is 6.54 Å². The minimum Gasteiger partial charge on any atom is -0.493 e. The lowest BCUT2D eigenvalue weighted by molar-refractivity contribution is 0.311. The van der Waals surface area contributed by atoms with Gasteiger partial charge in [-0.15, -0.1) is 24.0 Å². The standard InChI is InChI=1S/C22H29N5O2.HI/c1-5-23-22(26-17-11-12-20(28-4)21(15-17)29-6-2)24-13-14-27-16(3)25-18-9-7-8-10-19(18)27;/h7-12,15H,5-6,13-14H2,1-4H3,(H2,23,24,26);1H. The molecule has 162 valence electrons. The van der Waals surface area contributed by atoms with Crippen LogP contribution in [0.5, 0.6) is 11.5 Å². The molecular formula is C22H30IN5O2. The second-order valence-electron chi connectivity index (χ2n) is 6.48. The number of aryl methyl sites for hydroxylation is 1. The van der Waals surface area contributed by atoms with Gasteiger partial charge in [0.2, 0.25) is 0 Å². The molecule has 30 heavy (non-hydrogen) atoms. The van der Waals surface area contributed by atoms with E-state index >= 15 is 0 Å². The summed E-state index contributed by atoms with van der Waals surface area (Å²) in [7, 11) is 1.64. The monoisotopic (exact) mass is 523 g/mol. The Morgan fingerprint density at radius 3 is 2.67 bits per heavy atom. The molecule has 3 aromatic rings. The van der Waals surface area contributed by atoms with Crippen LogP contribution in [-0.4, -0.2) is 42.3 Å². The van der Waals surface area contributed by atoms with Crippen LogP contribution in [0.1, 0.15) is 19.7 Å².